The van der Waals surface area contributed by atoms with Crippen molar-refractivity contribution in [1.82, 2.24) is 0 Å². The van der Waals surface area contributed by atoms with Crippen molar-refractivity contribution in [3.8, 4) is 0 Å². The lowest BCUT2D eigenvalue weighted by Crippen LogP contribution is -2.19. The lowest BCUT2D eigenvalue weighted by Gasteiger charge is -2.13. The highest BCUT2D eigenvalue weighted by Crippen LogP contribution is 2.26. The summed E-state index contributed by atoms with van der Waals surface area (Å²) in [5.41, 5.74) is 2.78. The highest BCUT2D eigenvalue weighted by atomic mass is 35.5. The Balaban J connectivity index is 1.32. The zero-order valence-corrected chi connectivity index (χ0v) is 20.3. The number of anilines is 4. The Kier molecular flexibility index (Phi) is 7.89. The van der Waals surface area contributed by atoms with Gasteiger partial charge in [-0.15, -0.1) is 0 Å². The van der Waals surface area contributed by atoms with Crippen molar-refractivity contribution in [3.63, 3.8) is 0 Å². The summed E-state index contributed by atoms with van der Waals surface area (Å²) >= 11 is 11.7. The van der Waals surface area contributed by atoms with Crippen LogP contribution in [-0.2, 0) is 0 Å². The van der Waals surface area contributed by atoms with Gasteiger partial charge in [0, 0.05) is 22.6 Å². The van der Waals surface area contributed by atoms with Crippen LogP contribution in [0, 0.1) is 5.82 Å². The number of halogens is 2. The second-order valence-electron chi connectivity index (χ2n) is 7.61. The second kappa shape index (κ2) is 11.4. The van der Waals surface area contributed by atoms with Crippen molar-refractivity contribution in [2.45, 2.75) is 0 Å². The number of rotatable bonds is 6. The first-order chi connectivity index (χ1) is 17.4. The van der Waals surface area contributed by atoms with E-state index in [1.807, 2.05) is 6.07 Å². The normalized spacial score (nSPS) is 10.3. The average molecular weight is 519 g/mol. The third-order valence-electron chi connectivity index (χ3n) is 5.03. The minimum atomic E-state index is -0.587. The Hall–Kier alpha value is -4.27. The molecule has 0 heterocycles. The predicted octanol–water partition coefficient (Wildman–Crippen LogP) is 6.79. The molecule has 0 saturated carbocycles. The summed E-state index contributed by atoms with van der Waals surface area (Å²) in [6.45, 7) is 0. The van der Waals surface area contributed by atoms with Crippen LogP contribution >= 0.6 is 23.8 Å². The molecule has 0 spiro atoms. The fourth-order valence-corrected chi connectivity index (χ4v) is 3.72. The quantitative estimate of drug-likeness (QED) is 0.211. The molecule has 4 N–H and O–H groups in total. The molecular weight excluding hydrogens is 499 g/mol. The van der Waals surface area contributed by atoms with Crippen molar-refractivity contribution >= 4 is 63.5 Å². The third-order valence-corrected chi connectivity index (χ3v) is 5.55. The van der Waals surface area contributed by atoms with Crippen LogP contribution in [0.15, 0.2) is 97.1 Å². The van der Waals surface area contributed by atoms with Gasteiger partial charge in [0.1, 0.15) is 5.82 Å². The van der Waals surface area contributed by atoms with Gasteiger partial charge in [0.2, 0.25) is 0 Å². The van der Waals surface area contributed by atoms with Gasteiger partial charge in [-0.2, -0.15) is 0 Å². The Labute approximate surface area is 217 Å². The molecule has 2 amide bonds. The van der Waals surface area contributed by atoms with E-state index >= 15 is 0 Å². The Bertz CT molecular complexity index is 1420. The molecule has 0 unspecified atom stereocenters. The molecule has 0 aliphatic heterocycles. The number of carbonyl (C=O) groups is 2. The van der Waals surface area contributed by atoms with Crippen molar-refractivity contribution in [2.24, 2.45) is 0 Å². The number of amides is 2. The van der Waals surface area contributed by atoms with Gasteiger partial charge in [-0.1, -0.05) is 41.9 Å². The SMILES string of the molecule is O=C(Nc1ccc(NC(=S)Nc2ccc(NC(=O)c3ccccc3F)cc2)cc1Cl)c1ccccc1. The number of nitrogens with one attached hydrogen (secondary N) is 4. The summed E-state index contributed by atoms with van der Waals surface area (Å²) in [6.07, 6.45) is 0. The second-order valence-corrected chi connectivity index (χ2v) is 8.42. The van der Waals surface area contributed by atoms with Crippen LogP contribution in [0.25, 0.3) is 0 Å². The highest BCUT2D eigenvalue weighted by molar-refractivity contribution is 7.80. The van der Waals surface area contributed by atoms with Gasteiger partial charge in [-0.25, -0.2) is 4.39 Å². The molecular formula is C27H20ClFN4O2S. The Morgan fingerprint density at radius 3 is 1.92 bits per heavy atom. The van der Waals surface area contributed by atoms with Gasteiger partial charge < -0.3 is 21.3 Å². The van der Waals surface area contributed by atoms with E-state index in [4.69, 9.17) is 23.8 Å². The van der Waals surface area contributed by atoms with Crippen molar-refractivity contribution < 1.29 is 14.0 Å². The molecule has 9 heteroatoms. The summed E-state index contributed by atoms with van der Waals surface area (Å²) in [7, 11) is 0. The first-order valence-electron chi connectivity index (χ1n) is 10.8. The van der Waals surface area contributed by atoms with E-state index in [1.54, 1.807) is 72.8 Å². The highest BCUT2D eigenvalue weighted by Gasteiger charge is 2.12. The van der Waals surface area contributed by atoms with Crippen LogP contribution in [-0.4, -0.2) is 16.9 Å². The zero-order valence-electron chi connectivity index (χ0n) is 18.7. The van der Waals surface area contributed by atoms with Crippen molar-refractivity contribution in [3.05, 3.63) is 119 Å². The third kappa shape index (κ3) is 6.44. The van der Waals surface area contributed by atoms with E-state index in [9.17, 15) is 14.0 Å². The minimum Gasteiger partial charge on any atom is -0.332 e. The van der Waals surface area contributed by atoms with Crippen LogP contribution in [0.4, 0.5) is 27.1 Å². The van der Waals surface area contributed by atoms with Gasteiger partial charge in [-0.05, 0) is 78.9 Å². The monoisotopic (exact) mass is 518 g/mol. The van der Waals surface area contributed by atoms with E-state index in [-0.39, 0.29) is 11.5 Å². The maximum Gasteiger partial charge on any atom is 0.258 e. The largest absolute Gasteiger partial charge is 0.332 e. The molecule has 0 aliphatic carbocycles. The number of carbonyl (C=O) groups excluding carboxylic acids is 2. The van der Waals surface area contributed by atoms with E-state index in [2.05, 4.69) is 21.3 Å². The Morgan fingerprint density at radius 1 is 0.667 bits per heavy atom. The van der Waals surface area contributed by atoms with Crippen molar-refractivity contribution in [1.29, 1.82) is 0 Å². The van der Waals surface area contributed by atoms with E-state index in [0.29, 0.717) is 38.4 Å². The molecule has 0 aliphatic rings. The number of benzene rings is 4. The van der Waals surface area contributed by atoms with Crippen LogP contribution in [0.1, 0.15) is 20.7 Å². The van der Waals surface area contributed by atoms with E-state index in [1.165, 1.54) is 18.2 Å². The number of hydrogen-bond donors (Lipinski definition) is 4. The maximum absolute atomic E-state index is 13.8. The fourth-order valence-electron chi connectivity index (χ4n) is 3.25. The molecule has 6 nitrogen and oxygen atoms in total. The summed E-state index contributed by atoms with van der Waals surface area (Å²) < 4.78 is 13.8. The van der Waals surface area contributed by atoms with Crippen LogP contribution in [0.3, 0.4) is 0 Å². The fraction of sp³-hybridized carbons (Fsp3) is 0. The van der Waals surface area contributed by atoms with E-state index < -0.39 is 11.7 Å². The zero-order chi connectivity index (χ0) is 25.5. The summed E-state index contributed by atoms with van der Waals surface area (Å²) in [5, 5.41) is 12.2. The molecule has 36 heavy (non-hydrogen) atoms. The molecule has 0 fully saturated rings. The predicted molar refractivity (Wildman–Crippen MR) is 146 cm³/mol. The minimum absolute atomic E-state index is 0.0330. The summed E-state index contributed by atoms with van der Waals surface area (Å²) in [6, 6.07) is 26.5. The summed E-state index contributed by atoms with van der Waals surface area (Å²) in [5.74, 6) is -1.38. The maximum atomic E-state index is 13.8. The van der Waals surface area contributed by atoms with Gasteiger partial charge in [0.25, 0.3) is 11.8 Å². The molecule has 0 atom stereocenters. The summed E-state index contributed by atoms with van der Waals surface area (Å²) in [4.78, 5) is 24.6. The first kappa shape index (κ1) is 24.8. The van der Waals surface area contributed by atoms with Gasteiger partial charge >= 0.3 is 0 Å². The molecule has 4 rings (SSSR count). The van der Waals surface area contributed by atoms with Gasteiger partial charge in [0.15, 0.2) is 5.11 Å². The van der Waals surface area contributed by atoms with Crippen LogP contribution in [0.2, 0.25) is 5.02 Å². The topological polar surface area (TPSA) is 82.3 Å². The van der Waals surface area contributed by atoms with E-state index in [0.717, 1.165) is 0 Å². The van der Waals surface area contributed by atoms with Gasteiger partial charge in [0.05, 0.1) is 16.3 Å². The molecule has 4 aromatic carbocycles. The Morgan fingerprint density at radius 2 is 1.25 bits per heavy atom. The molecule has 4 aromatic rings. The molecule has 0 aromatic heterocycles. The lowest BCUT2D eigenvalue weighted by atomic mass is 10.2. The van der Waals surface area contributed by atoms with Crippen LogP contribution < -0.4 is 21.3 Å². The number of hydrogen-bond acceptors (Lipinski definition) is 3. The average Bonchev–Trinajstić information content (AvgIpc) is 2.87. The molecule has 180 valence electrons. The number of thiocarbonyl (C=S) groups is 1. The van der Waals surface area contributed by atoms with Gasteiger partial charge in [-0.3, -0.25) is 9.59 Å². The van der Waals surface area contributed by atoms with Crippen LogP contribution in [0.5, 0.6) is 0 Å². The standard InChI is InChI=1S/C27H20ClFN4O2S/c28-22-16-20(14-15-24(22)33-25(34)17-6-2-1-3-7-17)32-27(36)31-19-12-10-18(11-13-19)30-26(35)21-8-4-5-9-23(21)29/h1-16H,(H,30,35)(H,33,34)(H2,31,32,36). The first-order valence-corrected chi connectivity index (χ1v) is 11.6. The van der Waals surface area contributed by atoms with Crippen molar-refractivity contribution in [2.75, 3.05) is 21.3 Å². The molecule has 0 saturated heterocycles. The molecule has 0 bridgehead atoms. The lowest BCUT2D eigenvalue weighted by molar-refractivity contribution is 0.101. The molecule has 0 radical (unpaired) electrons. The smallest absolute Gasteiger partial charge is 0.258 e.